The molecule has 3 N–H and O–H groups in total. The van der Waals surface area contributed by atoms with Crippen molar-refractivity contribution in [1.82, 2.24) is 10.2 Å². The molecule has 3 aliphatic rings. The van der Waals surface area contributed by atoms with Crippen molar-refractivity contribution in [2.75, 3.05) is 13.2 Å². The Labute approximate surface area is 197 Å². The molecule has 2 amide bonds. The molecule has 2 aliphatic carbocycles. The van der Waals surface area contributed by atoms with Crippen molar-refractivity contribution < 1.29 is 29.3 Å². The number of carboxylic acids is 1. The Morgan fingerprint density at radius 2 is 1.65 bits per heavy atom. The summed E-state index contributed by atoms with van der Waals surface area (Å²) in [6.07, 6.45) is 0.528. The monoisotopic (exact) mass is 464 g/mol. The molecule has 34 heavy (non-hydrogen) atoms. The van der Waals surface area contributed by atoms with Crippen LogP contribution in [0.5, 0.6) is 0 Å². The molecule has 5 rings (SSSR count). The van der Waals surface area contributed by atoms with Crippen molar-refractivity contribution >= 4 is 18.0 Å². The highest BCUT2D eigenvalue weighted by Gasteiger charge is 2.44. The summed E-state index contributed by atoms with van der Waals surface area (Å²) in [5.41, 5.74) is 4.54. The molecule has 2 aromatic rings. The Morgan fingerprint density at radius 1 is 1.00 bits per heavy atom. The standard InChI is InChI=1S/C26H28N2O6/c29-15-12-23(25(31)32)28(13-15)24(30)20-10-5-11-22(20)27-26(33)34-14-21-18-8-3-1-6-16(18)17-7-2-4-9-19(17)21/h1-4,6-9,15,20-23,29H,5,10-14H2,(H,27,33)(H,31,32)/t15?,20-,22+,23+/m1/s1. The first-order valence-corrected chi connectivity index (χ1v) is 11.8. The third-order valence-electron chi connectivity index (χ3n) is 7.33. The van der Waals surface area contributed by atoms with E-state index in [4.69, 9.17) is 4.74 Å². The lowest BCUT2D eigenvalue weighted by atomic mass is 9.98. The summed E-state index contributed by atoms with van der Waals surface area (Å²) in [6, 6.07) is 14.7. The molecule has 1 aliphatic heterocycles. The van der Waals surface area contributed by atoms with Crippen molar-refractivity contribution in [2.24, 2.45) is 5.92 Å². The zero-order valence-corrected chi connectivity index (χ0v) is 18.7. The third kappa shape index (κ3) is 4.03. The van der Waals surface area contributed by atoms with Crippen molar-refractivity contribution in [2.45, 2.75) is 49.8 Å². The van der Waals surface area contributed by atoms with Crippen LogP contribution in [0.25, 0.3) is 11.1 Å². The molecule has 1 heterocycles. The van der Waals surface area contributed by atoms with E-state index in [0.29, 0.717) is 12.8 Å². The minimum Gasteiger partial charge on any atom is -0.480 e. The highest BCUT2D eigenvalue weighted by Crippen LogP contribution is 2.44. The van der Waals surface area contributed by atoms with E-state index in [1.807, 2.05) is 24.3 Å². The number of carboxylic acid groups (broad SMARTS) is 1. The van der Waals surface area contributed by atoms with Gasteiger partial charge in [0.15, 0.2) is 0 Å². The van der Waals surface area contributed by atoms with Gasteiger partial charge in [0, 0.05) is 24.9 Å². The molecule has 2 fully saturated rings. The number of aliphatic hydroxyl groups is 1. The molecule has 2 aromatic carbocycles. The zero-order valence-electron chi connectivity index (χ0n) is 18.7. The lowest BCUT2D eigenvalue weighted by Gasteiger charge is -2.28. The zero-order chi connectivity index (χ0) is 23.8. The van der Waals surface area contributed by atoms with Crippen LogP contribution < -0.4 is 5.32 Å². The van der Waals surface area contributed by atoms with Gasteiger partial charge in [0.05, 0.1) is 12.0 Å². The molecule has 1 saturated carbocycles. The van der Waals surface area contributed by atoms with Gasteiger partial charge in [-0.05, 0) is 35.1 Å². The summed E-state index contributed by atoms with van der Waals surface area (Å²) in [5, 5.41) is 22.2. The predicted molar refractivity (Wildman–Crippen MR) is 123 cm³/mol. The second kappa shape index (κ2) is 9.10. The van der Waals surface area contributed by atoms with Gasteiger partial charge >= 0.3 is 12.1 Å². The Morgan fingerprint density at radius 3 is 2.29 bits per heavy atom. The number of likely N-dealkylation sites (tertiary alicyclic amines) is 1. The molecule has 4 atom stereocenters. The summed E-state index contributed by atoms with van der Waals surface area (Å²) in [6.45, 7) is 0.189. The number of aliphatic hydroxyl groups excluding tert-OH is 1. The Balaban J connectivity index is 1.23. The molecule has 1 saturated heterocycles. The fraction of sp³-hybridized carbons (Fsp3) is 0.423. The van der Waals surface area contributed by atoms with E-state index < -0.39 is 36.2 Å². The number of aliphatic carboxylic acids is 1. The predicted octanol–water partition coefficient (Wildman–Crippen LogP) is 2.74. The molecule has 0 spiro atoms. The van der Waals surface area contributed by atoms with Gasteiger partial charge in [-0.1, -0.05) is 55.0 Å². The molecule has 0 bridgehead atoms. The molecule has 8 heteroatoms. The van der Waals surface area contributed by atoms with Crippen molar-refractivity contribution in [3.05, 3.63) is 59.7 Å². The maximum Gasteiger partial charge on any atom is 0.407 e. The molecule has 0 radical (unpaired) electrons. The number of nitrogens with one attached hydrogen (secondary N) is 1. The fourth-order valence-corrected chi connectivity index (χ4v) is 5.72. The summed E-state index contributed by atoms with van der Waals surface area (Å²) < 4.78 is 5.62. The van der Waals surface area contributed by atoms with Crippen LogP contribution >= 0.6 is 0 Å². The quantitative estimate of drug-likeness (QED) is 0.627. The molecular formula is C26H28N2O6. The normalized spacial score (nSPS) is 25.6. The second-order valence-electron chi connectivity index (χ2n) is 9.35. The van der Waals surface area contributed by atoms with E-state index in [2.05, 4.69) is 29.6 Å². The number of carbonyl (C=O) groups excluding carboxylic acids is 2. The Kier molecular flexibility index (Phi) is 6.00. The maximum atomic E-state index is 13.1. The van der Waals surface area contributed by atoms with Crippen LogP contribution in [-0.2, 0) is 14.3 Å². The van der Waals surface area contributed by atoms with Crippen LogP contribution in [0.15, 0.2) is 48.5 Å². The number of amides is 2. The minimum absolute atomic E-state index is 0.00393. The average Bonchev–Trinajstić information content (AvgIpc) is 3.53. The molecule has 178 valence electrons. The van der Waals surface area contributed by atoms with Gasteiger partial charge in [0.25, 0.3) is 0 Å². The number of β-amino-alcohol motifs (C(OH)–C–C–N with tert-alkyl or cyclic N) is 1. The van der Waals surface area contributed by atoms with Crippen molar-refractivity contribution in [3.8, 4) is 11.1 Å². The molecule has 1 unspecified atom stereocenters. The van der Waals surface area contributed by atoms with E-state index in [-0.39, 0.29) is 31.4 Å². The molecule has 8 nitrogen and oxygen atoms in total. The highest BCUT2D eigenvalue weighted by atomic mass is 16.5. The third-order valence-corrected chi connectivity index (χ3v) is 7.33. The number of fused-ring (bicyclic) bond motifs is 3. The highest BCUT2D eigenvalue weighted by molar-refractivity contribution is 5.87. The van der Waals surface area contributed by atoms with E-state index in [1.54, 1.807) is 0 Å². The first kappa shape index (κ1) is 22.4. The fourth-order valence-electron chi connectivity index (χ4n) is 5.72. The van der Waals surface area contributed by atoms with Crippen molar-refractivity contribution in [3.63, 3.8) is 0 Å². The van der Waals surface area contributed by atoms with Crippen LogP contribution in [0, 0.1) is 5.92 Å². The number of carbonyl (C=O) groups is 3. The van der Waals surface area contributed by atoms with E-state index >= 15 is 0 Å². The summed E-state index contributed by atoms with van der Waals surface area (Å²) in [4.78, 5) is 38.6. The van der Waals surface area contributed by atoms with Crippen LogP contribution in [0.2, 0.25) is 0 Å². The van der Waals surface area contributed by atoms with Crippen LogP contribution in [0.1, 0.15) is 42.7 Å². The second-order valence-corrected chi connectivity index (χ2v) is 9.35. The number of rotatable bonds is 5. The lowest BCUT2D eigenvalue weighted by Crippen LogP contribution is -2.49. The average molecular weight is 465 g/mol. The van der Waals surface area contributed by atoms with Crippen molar-refractivity contribution in [1.29, 1.82) is 0 Å². The van der Waals surface area contributed by atoms with Gasteiger partial charge in [-0.3, -0.25) is 4.79 Å². The van der Waals surface area contributed by atoms with Crippen LogP contribution in [-0.4, -0.2) is 64.4 Å². The van der Waals surface area contributed by atoms with Gasteiger partial charge in [-0.25, -0.2) is 9.59 Å². The topological polar surface area (TPSA) is 116 Å². The summed E-state index contributed by atoms with van der Waals surface area (Å²) >= 11 is 0. The summed E-state index contributed by atoms with van der Waals surface area (Å²) in [7, 11) is 0. The van der Waals surface area contributed by atoms with Gasteiger partial charge in [-0.2, -0.15) is 0 Å². The van der Waals surface area contributed by atoms with Gasteiger partial charge in [0.2, 0.25) is 5.91 Å². The number of hydrogen-bond donors (Lipinski definition) is 3. The number of ether oxygens (including phenoxy) is 1. The van der Waals surface area contributed by atoms with Gasteiger partial charge in [-0.15, -0.1) is 0 Å². The van der Waals surface area contributed by atoms with Crippen LogP contribution in [0.3, 0.4) is 0 Å². The maximum absolute atomic E-state index is 13.1. The first-order valence-electron chi connectivity index (χ1n) is 11.8. The molecule has 0 aromatic heterocycles. The van der Waals surface area contributed by atoms with E-state index in [9.17, 15) is 24.6 Å². The summed E-state index contributed by atoms with van der Waals surface area (Å²) in [5.74, 6) is -2.02. The lowest BCUT2D eigenvalue weighted by molar-refractivity contribution is -0.150. The SMILES string of the molecule is O=C(N[C@H]1CCC[C@H]1C(=O)N1CC(O)C[C@H]1C(=O)O)OCC1c2ccccc2-c2ccccc21. The largest absolute Gasteiger partial charge is 0.480 e. The number of alkyl carbamates (subject to hydrolysis) is 1. The number of hydrogen-bond acceptors (Lipinski definition) is 5. The first-order chi connectivity index (χ1) is 16.4. The van der Waals surface area contributed by atoms with Gasteiger partial charge in [0.1, 0.15) is 12.6 Å². The van der Waals surface area contributed by atoms with Gasteiger partial charge < -0.3 is 25.2 Å². The Hall–Kier alpha value is -3.39. The minimum atomic E-state index is -1.12. The van der Waals surface area contributed by atoms with E-state index in [0.717, 1.165) is 28.7 Å². The van der Waals surface area contributed by atoms with E-state index in [1.165, 1.54) is 4.90 Å². The number of benzene rings is 2. The molecular weight excluding hydrogens is 436 g/mol. The van der Waals surface area contributed by atoms with Crippen LogP contribution in [0.4, 0.5) is 4.79 Å². The number of nitrogens with zero attached hydrogens (tertiary/aromatic N) is 1. The smallest absolute Gasteiger partial charge is 0.407 e. The Bertz CT molecular complexity index is 1070.